The molecule has 3 aromatic rings. The van der Waals surface area contributed by atoms with E-state index in [9.17, 15) is 4.79 Å². The Bertz CT molecular complexity index is 857. The van der Waals surface area contributed by atoms with Gasteiger partial charge in [0.15, 0.2) is 0 Å². The molecule has 2 aromatic carbocycles. The number of aryl methyl sites for hydroxylation is 1. The van der Waals surface area contributed by atoms with Crippen LogP contribution in [0.5, 0.6) is 0 Å². The van der Waals surface area contributed by atoms with Crippen LogP contribution in [-0.2, 0) is 11.3 Å². The molecule has 124 valence electrons. The van der Waals surface area contributed by atoms with Crippen molar-refractivity contribution in [1.82, 2.24) is 9.55 Å². The predicted molar refractivity (Wildman–Crippen MR) is 95.1 cm³/mol. The fraction of sp³-hybridized carbons (Fsp3) is 0.222. The zero-order chi connectivity index (χ0) is 16.9. The Kier molecular flexibility index (Phi) is 4.77. The summed E-state index contributed by atoms with van der Waals surface area (Å²) < 4.78 is 1.82. The first-order valence-corrected chi connectivity index (χ1v) is 7.84. The minimum Gasteiger partial charge on any atom is -0.395 e. The predicted octanol–water partition coefficient (Wildman–Crippen LogP) is 2.39. The van der Waals surface area contributed by atoms with Crippen molar-refractivity contribution in [2.24, 2.45) is 0 Å². The Labute approximate surface area is 140 Å². The molecular formula is C18H20N4O2. The highest BCUT2D eigenvalue weighted by Crippen LogP contribution is 2.20. The van der Waals surface area contributed by atoms with Gasteiger partial charge in [0.25, 0.3) is 0 Å². The second-order valence-corrected chi connectivity index (χ2v) is 5.52. The van der Waals surface area contributed by atoms with E-state index in [2.05, 4.69) is 15.6 Å². The molecule has 1 amide bonds. The molecular weight excluding hydrogens is 304 g/mol. The summed E-state index contributed by atoms with van der Waals surface area (Å²) in [5.41, 5.74) is 3.50. The number of aromatic nitrogens is 2. The summed E-state index contributed by atoms with van der Waals surface area (Å²) in [4.78, 5) is 17.0. The fourth-order valence-corrected chi connectivity index (χ4v) is 2.58. The van der Waals surface area contributed by atoms with Crippen LogP contribution in [0.3, 0.4) is 0 Å². The van der Waals surface area contributed by atoms with Gasteiger partial charge in [-0.1, -0.05) is 30.3 Å². The zero-order valence-electron chi connectivity index (χ0n) is 13.5. The molecule has 0 saturated carbocycles. The van der Waals surface area contributed by atoms with Crippen LogP contribution < -0.4 is 10.6 Å². The molecule has 0 aliphatic carbocycles. The van der Waals surface area contributed by atoms with Gasteiger partial charge in [-0.2, -0.15) is 0 Å². The quantitative estimate of drug-likeness (QED) is 0.650. The number of benzene rings is 2. The van der Waals surface area contributed by atoms with Crippen molar-refractivity contribution in [2.75, 3.05) is 23.8 Å². The van der Waals surface area contributed by atoms with Gasteiger partial charge in [0.2, 0.25) is 11.9 Å². The molecule has 3 N–H and O–H groups in total. The van der Waals surface area contributed by atoms with E-state index in [0.29, 0.717) is 12.5 Å². The molecule has 6 heteroatoms. The third-order valence-electron chi connectivity index (χ3n) is 3.77. The van der Waals surface area contributed by atoms with Crippen LogP contribution >= 0.6 is 0 Å². The lowest BCUT2D eigenvalue weighted by molar-refractivity contribution is -0.116. The van der Waals surface area contributed by atoms with Crippen LogP contribution in [0.25, 0.3) is 11.0 Å². The number of para-hydroxylation sites is 3. The Balaban J connectivity index is 1.85. The van der Waals surface area contributed by atoms with Crippen molar-refractivity contribution in [2.45, 2.75) is 13.5 Å². The second kappa shape index (κ2) is 7.14. The highest BCUT2D eigenvalue weighted by Gasteiger charge is 2.13. The van der Waals surface area contributed by atoms with Gasteiger partial charge < -0.3 is 20.3 Å². The van der Waals surface area contributed by atoms with Crippen molar-refractivity contribution >= 4 is 28.6 Å². The Morgan fingerprint density at radius 3 is 2.71 bits per heavy atom. The molecule has 0 bridgehead atoms. The van der Waals surface area contributed by atoms with Gasteiger partial charge in [-0.15, -0.1) is 0 Å². The van der Waals surface area contributed by atoms with Crippen LogP contribution in [0, 0.1) is 6.92 Å². The zero-order valence-corrected chi connectivity index (χ0v) is 13.5. The molecule has 0 aliphatic rings. The van der Waals surface area contributed by atoms with Gasteiger partial charge in [0, 0.05) is 12.2 Å². The van der Waals surface area contributed by atoms with Gasteiger partial charge >= 0.3 is 0 Å². The normalized spacial score (nSPS) is 10.8. The molecule has 1 heterocycles. The van der Waals surface area contributed by atoms with E-state index in [-0.39, 0.29) is 19.1 Å². The fourth-order valence-electron chi connectivity index (χ4n) is 2.58. The molecule has 0 radical (unpaired) electrons. The van der Waals surface area contributed by atoms with Crippen LogP contribution in [-0.4, -0.2) is 33.7 Å². The van der Waals surface area contributed by atoms with Crippen molar-refractivity contribution in [3.63, 3.8) is 0 Å². The number of carbonyl (C=O) groups excluding carboxylic acids is 1. The third-order valence-corrected chi connectivity index (χ3v) is 3.77. The SMILES string of the molecule is Cc1ccccc1NC(=O)Cn1c(NCCO)nc2ccccc21. The minimum atomic E-state index is -0.125. The Hall–Kier alpha value is -2.86. The highest BCUT2D eigenvalue weighted by molar-refractivity contribution is 5.93. The number of imidazole rings is 1. The number of hydrogen-bond donors (Lipinski definition) is 3. The van der Waals surface area contributed by atoms with E-state index >= 15 is 0 Å². The van der Waals surface area contributed by atoms with Crippen LogP contribution in [0.4, 0.5) is 11.6 Å². The summed E-state index contributed by atoms with van der Waals surface area (Å²) in [7, 11) is 0. The average molecular weight is 324 g/mol. The number of rotatable bonds is 6. The average Bonchev–Trinajstić information content (AvgIpc) is 2.93. The topological polar surface area (TPSA) is 79.2 Å². The van der Waals surface area contributed by atoms with Crippen molar-refractivity contribution in [3.8, 4) is 0 Å². The first-order chi connectivity index (χ1) is 11.7. The maximum atomic E-state index is 12.5. The van der Waals surface area contributed by atoms with E-state index in [4.69, 9.17) is 5.11 Å². The van der Waals surface area contributed by atoms with E-state index in [0.717, 1.165) is 22.3 Å². The first-order valence-electron chi connectivity index (χ1n) is 7.84. The Morgan fingerprint density at radius 1 is 1.17 bits per heavy atom. The molecule has 3 rings (SSSR count). The summed E-state index contributed by atoms with van der Waals surface area (Å²) in [5, 5.41) is 15.0. The van der Waals surface area contributed by atoms with Crippen LogP contribution in [0.15, 0.2) is 48.5 Å². The van der Waals surface area contributed by atoms with E-state index < -0.39 is 0 Å². The lowest BCUT2D eigenvalue weighted by Crippen LogP contribution is -2.21. The number of nitrogens with zero attached hydrogens (tertiary/aromatic N) is 2. The van der Waals surface area contributed by atoms with Gasteiger partial charge in [-0.3, -0.25) is 4.79 Å². The third kappa shape index (κ3) is 3.38. The first kappa shape index (κ1) is 16.0. The number of nitrogens with one attached hydrogen (secondary N) is 2. The second-order valence-electron chi connectivity index (χ2n) is 5.52. The highest BCUT2D eigenvalue weighted by atomic mass is 16.3. The largest absolute Gasteiger partial charge is 0.395 e. The molecule has 0 atom stereocenters. The lowest BCUT2D eigenvalue weighted by Gasteiger charge is -2.12. The number of anilines is 2. The Morgan fingerprint density at radius 2 is 1.92 bits per heavy atom. The molecule has 0 fully saturated rings. The molecule has 0 saturated heterocycles. The monoisotopic (exact) mass is 324 g/mol. The molecule has 24 heavy (non-hydrogen) atoms. The van der Waals surface area contributed by atoms with Gasteiger partial charge in [-0.25, -0.2) is 4.98 Å². The van der Waals surface area contributed by atoms with E-state index in [1.54, 1.807) is 0 Å². The summed E-state index contributed by atoms with van der Waals surface area (Å²) in [5.74, 6) is 0.449. The van der Waals surface area contributed by atoms with Crippen LogP contribution in [0.2, 0.25) is 0 Å². The summed E-state index contributed by atoms with van der Waals surface area (Å²) in [6, 6.07) is 15.3. The van der Waals surface area contributed by atoms with Crippen molar-refractivity contribution < 1.29 is 9.90 Å². The summed E-state index contributed by atoms with van der Waals surface area (Å²) >= 11 is 0. The lowest BCUT2D eigenvalue weighted by atomic mass is 10.2. The maximum Gasteiger partial charge on any atom is 0.244 e. The maximum absolute atomic E-state index is 12.5. The summed E-state index contributed by atoms with van der Waals surface area (Å²) in [6.07, 6.45) is 0. The van der Waals surface area contributed by atoms with Crippen molar-refractivity contribution in [1.29, 1.82) is 0 Å². The molecule has 0 aliphatic heterocycles. The smallest absolute Gasteiger partial charge is 0.244 e. The van der Waals surface area contributed by atoms with E-state index in [1.165, 1.54) is 0 Å². The molecule has 0 unspecified atom stereocenters. The number of carbonyl (C=O) groups is 1. The summed E-state index contributed by atoms with van der Waals surface area (Å²) in [6.45, 7) is 2.47. The number of fused-ring (bicyclic) bond motifs is 1. The number of hydrogen-bond acceptors (Lipinski definition) is 4. The number of aliphatic hydroxyl groups is 1. The van der Waals surface area contributed by atoms with E-state index in [1.807, 2.05) is 60.0 Å². The van der Waals surface area contributed by atoms with Crippen LogP contribution in [0.1, 0.15) is 5.56 Å². The molecule has 1 aromatic heterocycles. The number of aliphatic hydroxyl groups excluding tert-OH is 1. The van der Waals surface area contributed by atoms with Crippen molar-refractivity contribution in [3.05, 3.63) is 54.1 Å². The molecule has 6 nitrogen and oxygen atoms in total. The van der Waals surface area contributed by atoms with Gasteiger partial charge in [0.05, 0.1) is 17.6 Å². The van der Waals surface area contributed by atoms with Gasteiger partial charge in [0.1, 0.15) is 6.54 Å². The molecule has 0 spiro atoms. The van der Waals surface area contributed by atoms with Gasteiger partial charge in [-0.05, 0) is 30.7 Å². The number of amides is 1. The minimum absolute atomic E-state index is 0.00138. The standard InChI is InChI=1S/C18H20N4O2/c1-13-6-2-3-7-14(13)20-17(24)12-22-16-9-5-4-8-15(16)21-18(22)19-10-11-23/h2-9,23H,10-12H2,1H3,(H,19,21)(H,20,24).